The van der Waals surface area contributed by atoms with Crippen LogP contribution in [0.25, 0.3) is 22.8 Å². The monoisotopic (exact) mass is 474 g/mol. The van der Waals surface area contributed by atoms with Crippen molar-refractivity contribution in [2.24, 2.45) is 0 Å². The van der Waals surface area contributed by atoms with E-state index in [1.54, 1.807) is 26.4 Å². The Morgan fingerprint density at radius 3 is 2.66 bits per heavy atom. The van der Waals surface area contributed by atoms with Crippen LogP contribution in [0.3, 0.4) is 0 Å². The second-order valence-electron chi connectivity index (χ2n) is 5.75. The first-order valence-electron chi connectivity index (χ1n) is 8.43. The Morgan fingerprint density at radius 2 is 1.86 bits per heavy atom. The number of hydrogen-bond donors (Lipinski definition) is 0. The molecule has 0 N–H and O–H groups in total. The van der Waals surface area contributed by atoms with Crippen molar-refractivity contribution in [1.82, 2.24) is 20.3 Å². The van der Waals surface area contributed by atoms with Crippen molar-refractivity contribution >= 4 is 27.7 Å². The van der Waals surface area contributed by atoms with Crippen molar-refractivity contribution in [2.75, 3.05) is 14.2 Å². The molecular weight excluding hydrogens is 460 g/mol. The molecule has 148 valence electrons. The third-order valence-electron chi connectivity index (χ3n) is 3.91. The van der Waals surface area contributed by atoms with Crippen molar-refractivity contribution in [3.8, 4) is 34.3 Å². The Labute approximate surface area is 178 Å². The van der Waals surface area contributed by atoms with E-state index < -0.39 is 0 Å². The van der Waals surface area contributed by atoms with Crippen molar-refractivity contribution < 1.29 is 18.4 Å². The van der Waals surface area contributed by atoms with E-state index in [1.165, 1.54) is 11.8 Å². The van der Waals surface area contributed by atoms with Crippen LogP contribution in [-0.2, 0) is 5.75 Å². The summed E-state index contributed by atoms with van der Waals surface area (Å²) in [6.45, 7) is 0. The highest BCUT2D eigenvalue weighted by Crippen LogP contribution is 2.32. The van der Waals surface area contributed by atoms with E-state index in [0.29, 0.717) is 40.1 Å². The van der Waals surface area contributed by atoms with Gasteiger partial charge in [-0.2, -0.15) is 4.98 Å². The Kier molecular flexibility index (Phi) is 5.81. The minimum absolute atomic E-state index is 0.403. The van der Waals surface area contributed by atoms with Crippen LogP contribution in [0, 0.1) is 0 Å². The smallest absolute Gasteiger partial charge is 0.277 e. The molecule has 4 aromatic rings. The summed E-state index contributed by atoms with van der Waals surface area (Å²) >= 11 is 4.75. The molecular formula is C19H15BrN4O4S. The van der Waals surface area contributed by atoms with Gasteiger partial charge in [0, 0.05) is 15.6 Å². The van der Waals surface area contributed by atoms with Crippen LogP contribution >= 0.6 is 27.7 Å². The van der Waals surface area contributed by atoms with Gasteiger partial charge in [-0.25, -0.2) is 0 Å². The van der Waals surface area contributed by atoms with E-state index >= 15 is 0 Å². The summed E-state index contributed by atoms with van der Waals surface area (Å²) in [5, 5.41) is 12.6. The number of hydrogen-bond acceptors (Lipinski definition) is 9. The lowest BCUT2D eigenvalue weighted by Gasteiger charge is -2.07. The molecule has 0 spiro atoms. The predicted molar refractivity (Wildman–Crippen MR) is 110 cm³/mol. The average molecular weight is 475 g/mol. The van der Waals surface area contributed by atoms with E-state index in [2.05, 4.69) is 36.3 Å². The summed E-state index contributed by atoms with van der Waals surface area (Å²) in [5.74, 6) is 2.99. The van der Waals surface area contributed by atoms with Crippen LogP contribution in [-0.4, -0.2) is 34.6 Å². The highest BCUT2D eigenvalue weighted by molar-refractivity contribution is 9.10. The molecule has 0 fully saturated rings. The minimum Gasteiger partial charge on any atom is -0.493 e. The zero-order valence-corrected chi connectivity index (χ0v) is 17.9. The quantitative estimate of drug-likeness (QED) is 0.347. The summed E-state index contributed by atoms with van der Waals surface area (Å²) in [7, 11) is 3.16. The molecule has 2 aromatic carbocycles. The molecule has 0 aliphatic rings. The van der Waals surface area contributed by atoms with Gasteiger partial charge in [0.2, 0.25) is 17.6 Å². The van der Waals surface area contributed by atoms with Crippen LogP contribution in [0.4, 0.5) is 0 Å². The van der Waals surface area contributed by atoms with Crippen LogP contribution < -0.4 is 9.47 Å². The Hall–Kier alpha value is -2.85. The number of benzene rings is 2. The fourth-order valence-electron chi connectivity index (χ4n) is 2.54. The second kappa shape index (κ2) is 8.66. The molecule has 29 heavy (non-hydrogen) atoms. The normalized spacial score (nSPS) is 10.9. The molecule has 2 aromatic heterocycles. The van der Waals surface area contributed by atoms with Gasteiger partial charge in [-0.3, -0.25) is 0 Å². The van der Waals surface area contributed by atoms with Crippen molar-refractivity contribution in [3.63, 3.8) is 0 Å². The zero-order valence-electron chi connectivity index (χ0n) is 15.5. The van der Waals surface area contributed by atoms with E-state index in [1.807, 2.05) is 30.3 Å². The number of methoxy groups -OCH3 is 2. The topological polar surface area (TPSA) is 96.3 Å². The zero-order chi connectivity index (χ0) is 20.2. The fraction of sp³-hybridized carbons (Fsp3) is 0.158. The highest BCUT2D eigenvalue weighted by atomic mass is 79.9. The maximum Gasteiger partial charge on any atom is 0.277 e. The first kappa shape index (κ1) is 19.5. The standard InChI is InChI=1S/C19H15BrN4O4S/c1-25-14-7-6-11(9-15(14)26-2)17-21-16(28-24-17)10-29-19-23-22-18(27-19)12-4-3-5-13(20)8-12/h3-9H,10H2,1-2H3. The fourth-order valence-corrected chi connectivity index (χ4v) is 3.54. The van der Waals surface area contributed by atoms with Crippen molar-refractivity contribution in [1.29, 1.82) is 0 Å². The maximum atomic E-state index is 5.69. The molecule has 0 saturated heterocycles. The summed E-state index contributed by atoms with van der Waals surface area (Å²) in [6, 6.07) is 13.1. The molecule has 0 unspecified atom stereocenters. The first-order chi connectivity index (χ1) is 14.2. The van der Waals surface area contributed by atoms with Crippen molar-refractivity contribution in [2.45, 2.75) is 11.0 Å². The van der Waals surface area contributed by atoms with E-state index in [9.17, 15) is 0 Å². The molecule has 0 aliphatic carbocycles. The number of nitrogens with zero attached hydrogens (tertiary/aromatic N) is 4. The average Bonchev–Trinajstić information content (AvgIpc) is 3.41. The number of rotatable bonds is 7. The molecule has 0 aliphatic heterocycles. The highest BCUT2D eigenvalue weighted by Gasteiger charge is 2.14. The Balaban J connectivity index is 1.44. The van der Waals surface area contributed by atoms with E-state index in [-0.39, 0.29) is 0 Å². The van der Waals surface area contributed by atoms with Gasteiger partial charge < -0.3 is 18.4 Å². The van der Waals surface area contributed by atoms with Gasteiger partial charge in [-0.1, -0.05) is 38.9 Å². The summed E-state index contributed by atoms with van der Waals surface area (Å²) < 4.78 is 22.5. The molecule has 0 bridgehead atoms. The minimum atomic E-state index is 0.403. The largest absolute Gasteiger partial charge is 0.493 e. The maximum absolute atomic E-state index is 5.69. The van der Waals surface area contributed by atoms with Crippen LogP contribution in [0.1, 0.15) is 5.89 Å². The van der Waals surface area contributed by atoms with Crippen LogP contribution in [0.2, 0.25) is 0 Å². The van der Waals surface area contributed by atoms with E-state index in [4.69, 9.17) is 18.4 Å². The third kappa shape index (κ3) is 4.43. The number of halogens is 1. The Morgan fingerprint density at radius 1 is 1.00 bits per heavy atom. The molecule has 0 saturated carbocycles. The van der Waals surface area contributed by atoms with Gasteiger partial charge in [0.25, 0.3) is 5.22 Å². The van der Waals surface area contributed by atoms with Gasteiger partial charge in [0.15, 0.2) is 11.5 Å². The molecule has 0 amide bonds. The van der Waals surface area contributed by atoms with Crippen LogP contribution in [0.5, 0.6) is 11.5 Å². The molecule has 0 atom stereocenters. The third-order valence-corrected chi connectivity index (χ3v) is 5.20. The van der Waals surface area contributed by atoms with Crippen molar-refractivity contribution in [3.05, 3.63) is 52.8 Å². The second-order valence-corrected chi connectivity index (χ2v) is 7.60. The van der Waals surface area contributed by atoms with Gasteiger partial charge in [-0.15, -0.1) is 10.2 Å². The number of ether oxygens (including phenoxy) is 2. The number of aromatic nitrogens is 4. The summed E-state index contributed by atoms with van der Waals surface area (Å²) in [6.07, 6.45) is 0. The number of thioether (sulfide) groups is 1. The van der Waals surface area contributed by atoms with Gasteiger partial charge >= 0.3 is 0 Å². The molecule has 2 heterocycles. The Bertz CT molecular complexity index is 1130. The lowest BCUT2D eigenvalue weighted by atomic mass is 10.2. The first-order valence-corrected chi connectivity index (χ1v) is 10.2. The van der Waals surface area contributed by atoms with E-state index in [0.717, 1.165) is 15.6 Å². The molecule has 10 heteroatoms. The van der Waals surface area contributed by atoms with Crippen LogP contribution in [0.15, 0.2) is 61.1 Å². The predicted octanol–water partition coefficient (Wildman–Crippen LogP) is 4.86. The summed E-state index contributed by atoms with van der Waals surface area (Å²) in [5.41, 5.74) is 1.60. The summed E-state index contributed by atoms with van der Waals surface area (Å²) in [4.78, 5) is 4.41. The lowest BCUT2D eigenvalue weighted by Crippen LogP contribution is -1.91. The van der Waals surface area contributed by atoms with Gasteiger partial charge in [0.05, 0.1) is 20.0 Å². The lowest BCUT2D eigenvalue weighted by molar-refractivity contribution is 0.355. The molecule has 0 radical (unpaired) electrons. The van der Waals surface area contributed by atoms with Gasteiger partial charge in [-0.05, 0) is 36.4 Å². The van der Waals surface area contributed by atoms with Gasteiger partial charge in [0.1, 0.15) is 0 Å². The SMILES string of the molecule is COc1ccc(-c2noc(CSc3nnc(-c4cccc(Br)c4)o3)n2)cc1OC. The molecule has 4 rings (SSSR count). The molecule has 8 nitrogen and oxygen atoms in total.